The van der Waals surface area contributed by atoms with Gasteiger partial charge < -0.3 is 20.7 Å². The Kier molecular flexibility index (Phi) is 8.11. The molecule has 4 aromatic carbocycles. The minimum Gasteiger partial charge on any atom is -0.457 e. The van der Waals surface area contributed by atoms with Crippen molar-refractivity contribution in [1.82, 2.24) is 10.6 Å². The number of urea groups is 1. The zero-order chi connectivity index (χ0) is 24.3. The van der Waals surface area contributed by atoms with E-state index >= 15 is 0 Å². The Morgan fingerprint density at radius 1 is 0.686 bits per heavy atom. The summed E-state index contributed by atoms with van der Waals surface area (Å²) >= 11 is 0. The minimum absolute atomic E-state index is 0.256. The van der Waals surface area contributed by atoms with Crippen LogP contribution in [-0.2, 0) is 17.8 Å². The van der Waals surface area contributed by atoms with E-state index in [0.717, 1.165) is 11.1 Å². The fourth-order valence-electron chi connectivity index (χ4n) is 3.55. The number of hydrogen-bond acceptors (Lipinski definition) is 3. The van der Waals surface area contributed by atoms with Crippen LogP contribution in [0.4, 0.5) is 10.5 Å². The van der Waals surface area contributed by atoms with Gasteiger partial charge in [0.25, 0.3) is 0 Å². The third kappa shape index (κ3) is 7.47. The lowest BCUT2D eigenvalue weighted by Crippen LogP contribution is -2.49. The van der Waals surface area contributed by atoms with Gasteiger partial charge in [-0.1, -0.05) is 84.9 Å². The highest BCUT2D eigenvalue weighted by Gasteiger charge is 2.21. The van der Waals surface area contributed by atoms with Crippen LogP contribution in [0.2, 0.25) is 0 Å². The highest BCUT2D eigenvalue weighted by Crippen LogP contribution is 2.23. The topological polar surface area (TPSA) is 79.5 Å². The highest BCUT2D eigenvalue weighted by atomic mass is 16.5. The molecule has 0 aliphatic carbocycles. The summed E-state index contributed by atoms with van der Waals surface area (Å²) in [6.45, 7) is 0.382. The van der Waals surface area contributed by atoms with Gasteiger partial charge in [-0.3, -0.25) is 4.79 Å². The Labute approximate surface area is 205 Å². The molecular weight excluding hydrogens is 438 g/mol. The van der Waals surface area contributed by atoms with Crippen LogP contribution >= 0.6 is 0 Å². The summed E-state index contributed by atoms with van der Waals surface area (Å²) in [4.78, 5) is 25.8. The van der Waals surface area contributed by atoms with Gasteiger partial charge in [-0.15, -0.1) is 0 Å². The zero-order valence-corrected chi connectivity index (χ0v) is 19.2. The predicted octanol–water partition coefficient (Wildman–Crippen LogP) is 5.53. The van der Waals surface area contributed by atoms with Gasteiger partial charge in [0.2, 0.25) is 5.91 Å². The van der Waals surface area contributed by atoms with E-state index in [1.807, 2.05) is 97.1 Å². The maximum absolute atomic E-state index is 13.0. The monoisotopic (exact) mass is 465 g/mol. The SMILES string of the molecule is O=C(Nc1cccc(Oc2ccccc2)c1)NC(Cc1ccccc1)C(=O)NCc1ccccc1. The number of amides is 3. The van der Waals surface area contributed by atoms with Gasteiger partial charge in [-0.2, -0.15) is 0 Å². The molecule has 1 unspecified atom stereocenters. The van der Waals surface area contributed by atoms with Crippen LogP contribution in [0.25, 0.3) is 0 Å². The molecule has 0 saturated heterocycles. The molecule has 6 nitrogen and oxygen atoms in total. The smallest absolute Gasteiger partial charge is 0.319 e. The molecule has 176 valence electrons. The fraction of sp³-hybridized carbons (Fsp3) is 0.103. The third-order valence-electron chi connectivity index (χ3n) is 5.28. The Bertz CT molecular complexity index is 1230. The van der Waals surface area contributed by atoms with Crippen molar-refractivity contribution in [2.24, 2.45) is 0 Å². The van der Waals surface area contributed by atoms with Crippen molar-refractivity contribution in [3.8, 4) is 11.5 Å². The van der Waals surface area contributed by atoms with Crippen molar-refractivity contribution in [1.29, 1.82) is 0 Å². The first-order chi connectivity index (χ1) is 17.2. The first kappa shape index (κ1) is 23.6. The Hall–Kier alpha value is -4.58. The van der Waals surface area contributed by atoms with Crippen molar-refractivity contribution >= 4 is 17.6 Å². The largest absolute Gasteiger partial charge is 0.457 e. The molecule has 0 aromatic heterocycles. The number of anilines is 1. The summed E-state index contributed by atoms with van der Waals surface area (Å²) in [5.41, 5.74) is 2.49. The molecule has 0 radical (unpaired) electrons. The molecule has 3 amide bonds. The normalized spacial score (nSPS) is 11.2. The second-order valence-electron chi connectivity index (χ2n) is 7.99. The van der Waals surface area contributed by atoms with Crippen LogP contribution in [0.3, 0.4) is 0 Å². The zero-order valence-electron chi connectivity index (χ0n) is 19.2. The molecule has 0 aliphatic rings. The number of hydrogen-bond donors (Lipinski definition) is 3. The Balaban J connectivity index is 1.40. The van der Waals surface area contributed by atoms with Gasteiger partial charge in [-0.05, 0) is 35.4 Å². The van der Waals surface area contributed by atoms with Gasteiger partial charge in [0.05, 0.1) is 0 Å². The number of ether oxygens (including phenoxy) is 1. The van der Waals surface area contributed by atoms with E-state index in [0.29, 0.717) is 30.2 Å². The maximum Gasteiger partial charge on any atom is 0.319 e. The van der Waals surface area contributed by atoms with Crippen LogP contribution in [0.15, 0.2) is 115 Å². The lowest BCUT2D eigenvalue weighted by atomic mass is 10.1. The van der Waals surface area contributed by atoms with Crippen LogP contribution < -0.4 is 20.7 Å². The summed E-state index contributed by atoms with van der Waals surface area (Å²) in [5.74, 6) is 1.04. The van der Waals surface area contributed by atoms with Crippen molar-refractivity contribution in [3.05, 3.63) is 126 Å². The summed E-state index contributed by atoms with van der Waals surface area (Å²) in [5, 5.41) is 8.54. The van der Waals surface area contributed by atoms with Crippen LogP contribution in [0.5, 0.6) is 11.5 Å². The third-order valence-corrected chi connectivity index (χ3v) is 5.28. The molecule has 1 atom stereocenters. The lowest BCUT2D eigenvalue weighted by molar-refractivity contribution is -0.123. The average molecular weight is 466 g/mol. The molecule has 4 rings (SSSR count). The van der Waals surface area contributed by atoms with E-state index in [1.54, 1.807) is 18.2 Å². The molecule has 0 fully saturated rings. The lowest BCUT2D eigenvalue weighted by Gasteiger charge is -2.19. The Morgan fingerprint density at radius 3 is 1.97 bits per heavy atom. The van der Waals surface area contributed by atoms with Gasteiger partial charge in [0, 0.05) is 24.7 Å². The molecular formula is C29H27N3O3. The molecule has 6 heteroatoms. The standard InChI is InChI=1S/C29H27N3O3/c33-28(30-21-23-13-6-2-7-14-23)27(19-22-11-4-1-5-12-22)32-29(34)31-24-15-10-18-26(20-24)35-25-16-8-3-9-17-25/h1-18,20,27H,19,21H2,(H,30,33)(H2,31,32,34). The van der Waals surface area contributed by atoms with Crippen LogP contribution in [0.1, 0.15) is 11.1 Å². The molecule has 0 aliphatic heterocycles. The molecule has 4 aromatic rings. The van der Waals surface area contributed by atoms with E-state index in [4.69, 9.17) is 4.74 Å². The number of carbonyl (C=O) groups is 2. The first-order valence-corrected chi connectivity index (χ1v) is 11.4. The fourth-order valence-corrected chi connectivity index (χ4v) is 3.55. The summed E-state index contributed by atoms with van der Waals surface area (Å²) in [7, 11) is 0. The number of nitrogens with one attached hydrogen (secondary N) is 3. The Morgan fingerprint density at radius 2 is 1.29 bits per heavy atom. The molecule has 35 heavy (non-hydrogen) atoms. The van der Waals surface area contributed by atoms with Gasteiger partial charge >= 0.3 is 6.03 Å². The second-order valence-corrected chi connectivity index (χ2v) is 7.99. The van der Waals surface area contributed by atoms with Crippen molar-refractivity contribution in [2.75, 3.05) is 5.32 Å². The quantitative estimate of drug-likeness (QED) is 0.304. The molecule has 0 bridgehead atoms. The molecule has 0 heterocycles. The summed E-state index contributed by atoms with van der Waals surface area (Å²) < 4.78 is 5.84. The number of benzene rings is 4. The summed E-state index contributed by atoms with van der Waals surface area (Å²) in [6, 6.07) is 34.5. The average Bonchev–Trinajstić information content (AvgIpc) is 2.89. The van der Waals surface area contributed by atoms with E-state index in [-0.39, 0.29) is 5.91 Å². The number of carbonyl (C=O) groups excluding carboxylic acids is 2. The van der Waals surface area contributed by atoms with Crippen molar-refractivity contribution in [2.45, 2.75) is 19.0 Å². The van der Waals surface area contributed by atoms with E-state index < -0.39 is 12.1 Å². The van der Waals surface area contributed by atoms with Gasteiger partial charge in [-0.25, -0.2) is 4.79 Å². The highest BCUT2D eigenvalue weighted by molar-refractivity contribution is 5.94. The van der Waals surface area contributed by atoms with Gasteiger partial charge in [0.1, 0.15) is 17.5 Å². The second kappa shape index (κ2) is 12.0. The number of rotatable bonds is 9. The van der Waals surface area contributed by atoms with Crippen LogP contribution in [-0.4, -0.2) is 18.0 Å². The molecule has 0 saturated carbocycles. The minimum atomic E-state index is -0.745. The first-order valence-electron chi connectivity index (χ1n) is 11.4. The van der Waals surface area contributed by atoms with E-state index in [9.17, 15) is 9.59 Å². The van der Waals surface area contributed by atoms with Crippen LogP contribution in [0, 0.1) is 0 Å². The molecule has 3 N–H and O–H groups in total. The predicted molar refractivity (Wildman–Crippen MR) is 137 cm³/mol. The maximum atomic E-state index is 13.0. The van der Waals surface area contributed by atoms with E-state index in [2.05, 4.69) is 16.0 Å². The van der Waals surface area contributed by atoms with E-state index in [1.165, 1.54) is 0 Å². The van der Waals surface area contributed by atoms with Crippen molar-refractivity contribution < 1.29 is 14.3 Å². The molecule has 0 spiro atoms. The van der Waals surface area contributed by atoms with Crippen molar-refractivity contribution in [3.63, 3.8) is 0 Å². The number of para-hydroxylation sites is 1. The summed E-state index contributed by atoms with van der Waals surface area (Å²) in [6.07, 6.45) is 0.367. The van der Waals surface area contributed by atoms with Gasteiger partial charge in [0.15, 0.2) is 0 Å².